The number of nitrogens with one attached hydrogen (secondary N) is 1. The van der Waals surface area contributed by atoms with E-state index < -0.39 is 12.0 Å². The highest BCUT2D eigenvalue weighted by Gasteiger charge is 2.10. The maximum atomic E-state index is 10.2. The summed E-state index contributed by atoms with van der Waals surface area (Å²) < 4.78 is 4.60. The van der Waals surface area contributed by atoms with E-state index in [1.165, 1.54) is 13.2 Å². The molecule has 0 radical (unpaired) electrons. The first-order chi connectivity index (χ1) is 4.72. The Labute approximate surface area is 60.2 Å². The molecule has 0 aromatic heterocycles. The zero-order valence-electron chi connectivity index (χ0n) is 5.83. The highest BCUT2D eigenvalue weighted by Crippen LogP contribution is 1.82. The molecule has 0 fully saturated rings. The van der Waals surface area contributed by atoms with Gasteiger partial charge in [0.05, 0.1) is 0 Å². The third-order valence-electron chi connectivity index (χ3n) is 0.949. The van der Waals surface area contributed by atoms with Crippen LogP contribution in [0.5, 0.6) is 0 Å². The van der Waals surface area contributed by atoms with Crippen molar-refractivity contribution in [3.8, 4) is 0 Å². The van der Waals surface area contributed by atoms with E-state index in [1.807, 2.05) is 0 Å². The van der Waals surface area contributed by atoms with Crippen molar-refractivity contribution in [3.63, 3.8) is 0 Å². The van der Waals surface area contributed by atoms with Gasteiger partial charge in [0, 0.05) is 7.11 Å². The van der Waals surface area contributed by atoms with E-state index in [-0.39, 0.29) is 7.62 Å². The Balaban J connectivity index is 3.60. The lowest BCUT2D eigenvalue weighted by Gasteiger charge is -2.06. The van der Waals surface area contributed by atoms with Gasteiger partial charge >= 0.3 is 13.6 Å². The lowest BCUT2D eigenvalue weighted by Crippen LogP contribution is -2.37. The van der Waals surface area contributed by atoms with Gasteiger partial charge in [0.15, 0.2) is 0 Å². The molecule has 1 atom stereocenters. The second-order valence-corrected chi connectivity index (χ2v) is 1.69. The summed E-state index contributed by atoms with van der Waals surface area (Å²) >= 11 is 0. The zero-order valence-corrected chi connectivity index (χ0v) is 5.83. The molecule has 0 heterocycles. The van der Waals surface area contributed by atoms with Crippen molar-refractivity contribution in [3.05, 3.63) is 12.7 Å². The molecule has 0 aromatic rings. The maximum absolute atomic E-state index is 10.2. The molecule has 0 aliphatic heterocycles. The Bertz CT molecular complexity index is 128. The van der Waals surface area contributed by atoms with Gasteiger partial charge in [0.25, 0.3) is 0 Å². The molecule has 0 amide bonds. The molecule has 56 valence electrons. The number of rotatable bonds is 5. The molecule has 0 aromatic carbocycles. The summed E-state index contributed by atoms with van der Waals surface area (Å²) in [6.07, 6.45) is 1.31. The Hall–Kier alpha value is -0.805. The second-order valence-electron chi connectivity index (χ2n) is 1.69. The Morgan fingerprint density at radius 3 is 2.90 bits per heavy atom. The number of aliphatic carboxylic acids is 1. The molecule has 0 bridgehead atoms. The summed E-state index contributed by atoms with van der Waals surface area (Å²) in [6, 6.07) is -0.722. The molecule has 10 heavy (non-hydrogen) atoms. The Morgan fingerprint density at radius 1 is 2.00 bits per heavy atom. The molecule has 0 spiro atoms. The van der Waals surface area contributed by atoms with Crippen molar-refractivity contribution < 1.29 is 14.6 Å². The molecule has 0 rings (SSSR count). The first kappa shape index (κ1) is 9.19. The van der Waals surface area contributed by atoms with Crippen LogP contribution in [0.4, 0.5) is 0 Å². The van der Waals surface area contributed by atoms with Crippen LogP contribution in [0.15, 0.2) is 12.7 Å². The molecule has 1 unspecified atom stereocenters. The smallest absolute Gasteiger partial charge is 0.361 e. The molecule has 2 N–H and O–H groups in total. The van der Waals surface area contributed by atoms with E-state index >= 15 is 0 Å². The van der Waals surface area contributed by atoms with Crippen LogP contribution in [0.2, 0.25) is 0 Å². The average molecular weight is 143 g/mol. The summed E-state index contributed by atoms with van der Waals surface area (Å²) in [4.78, 5) is 10.2. The van der Waals surface area contributed by atoms with Crippen LogP contribution in [0.3, 0.4) is 0 Å². The molecule has 0 aliphatic carbocycles. The second kappa shape index (κ2) is 5.02. The van der Waals surface area contributed by atoms with Gasteiger partial charge < -0.3 is 15.0 Å². The number of carboxylic acids is 1. The van der Waals surface area contributed by atoms with E-state index in [9.17, 15) is 4.79 Å². The summed E-state index contributed by atoms with van der Waals surface area (Å²) in [6.45, 7) is 3.34. The summed E-state index contributed by atoms with van der Waals surface area (Å²) in [5, 5.41) is 11.0. The topological polar surface area (TPSA) is 58.6 Å². The van der Waals surface area contributed by atoms with Gasteiger partial charge in [-0.25, -0.2) is 0 Å². The fraction of sp³-hybridized carbons (Fsp3) is 0.400. The van der Waals surface area contributed by atoms with Gasteiger partial charge in [-0.2, -0.15) is 0 Å². The SMILES string of the molecule is C=CC(NBOC)C(=O)O. The highest BCUT2D eigenvalue weighted by molar-refractivity contribution is 6.24. The van der Waals surface area contributed by atoms with E-state index in [0.29, 0.717) is 0 Å². The van der Waals surface area contributed by atoms with E-state index in [0.717, 1.165) is 0 Å². The largest absolute Gasteiger partial charge is 0.480 e. The van der Waals surface area contributed by atoms with Crippen molar-refractivity contribution in [2.75, 3.05) is 7.11 Å². The van der Waals surface area contributed by atoms with E-state index in [2.05, 4.69) is 16.5 Å². The van der Waals surface area contributed by atoms with Crippen LogP contribution in [0, 0.1) is 0 Å². The van der Waals surface area contributed by atoms with E-state index in [1.54, 1.807) is 0 Å². The van der Waals surface area contributed by atoms with Crippen molar-refractivity contribution in [1.29, 1.82) is 0 Å². The van der Waals surface area contributed by atoms with Crippen molar-refractivity contribution in [2.24, 2.45) is 0 Å². The fourth-order valence-electron chi connectivity index (χ4n) is 0.445. The molecule has 0 saturated heterocycles. The number of carbonyl (C=O) groups is 1. The van der Waals surface area contributed by atoms with Gasteiger partial charge in [0.2, 0.25) is 0 Å². The maximum Gasteiger partial charge on any atom is 0.361 e. The van der Waals surface area contributed by atoms with Crippen molar-refractivity contribution >= 4 is 13.6 Å². The Morgan fingerprint density at radius 2 is 2.60 bits per heavy atom. The molecule has 0 aliphatic rings. The first-order valence-electron chi connectivity index (χ1n) is 2.80. The van der Waals surface area contributed by atoms with Crippen LogP contribution in [-0.4, -0.2) is 31.8 Å². The molecule has 4 nitrogen and oxygen atoms in total. The minimum absolute atomic E-state index is 0.211. The summed E-state index contributed by atoms with van der Waals surface area (Å²) in [5.41, 5.74) is 0. The predicted molar refractivity (Wildman–Crippen MR) is 38.9 cm³/mol. The summed E-state index contributed by atoms with van der Waals surface area (Å²) in [5.74, 6) is -0.952. The third kappa shape index (κ3) is 3.27. The van der Waals surface area contributed by atoms with Crippen LogP contribution < -0.4 is 5.23 Å². The first-order valence-corrected chi connectivity index (χ1v) is 2.80. The van der Waals surface area contributed by atoms with Gasteiger partial charge in [-0.15, -0.1) is 6.58 Å². The molecular weight excluding hydrogens is 133 g/mol. The highest BCUT2D eigenvalue weighted by atomic mass is 16.4. The summed E-state index contributed by atoms with van der Waals surface area (Å²) in [7, 11) is 1.69. The van der Waals surface area contributed by atoms with Crippen LogP contribution in [0.1, 0.15) is 0 Å². The molecule has 0 saturated carbocycles. The van der Waals surface area contributed by atoms with Crippen LogP contribution in [0.25, 0.3) is 0 Å². The quantitative estimate of drug-likeness (QED) is 0.387. The third-order valence-corrected chi connectivity index (χ3v) is 0.949. The van der Waals surface area contributed by atoms with Crippen LogP contribution >= 0.6 is 0 Å². The van der Waals surface area contributed by atoms with Crippen molar-refractivity contribution in [1.82, 2.24) is 5.23 Å². The molecular formula is C5H10BNO3. The van der Waals surface area contributed by atoms with Gasteiger partial charge in [-0.05, 0) is 0 Å². The minimum Gasteiger partial charge on any atom is -0.480 e. The van der Waals surface area contributed by atoms with Gasteiger partial charge in [-0.1, -0.05) is 6.08 Å². The number of hydrogen-bond donors (Lipinski definition) is 2. The van der Waals surface area contributed by atoms with Gasteiger partial charge in [-0.3, -0.25) is 4.79 Å². The number of carboxylic acid groups (broad SMARTS) is 1. The normalized spacial score (nSPS) is 12.1. The zero-order chi connectivity index (χ0) is 7.98. The predicted octanol–water partition coefficient (Wildman–Crippen LogP) is -0.872. The van der Waals surface area contributed by atoms with Crippen LogP contribution in [-0.2, 0) is 9.45 Å². The van der Waals surface area contributed by atoms with Crippen molar-refractivity contribution in [2.45, 2.75) is 6.04 Å². The lowest BCUT2D eigenvalue weighted by molar-refractivity contribution is -0.137. The lowest BCUT2D eigenvalue weighted by atomic mass is 10.2. The monoisotopic (exact) mass is 143 g/mol. The standard InChI is InChI=1S/C5H10BNO3/c1-3-4(5(8)9)7-6-10-2/h3-4,6-7H,1H2,2H3,(H,8,9). The van der Waals surface area contributed by atoms with E-state index in [4.69, 9.17) is 5.11 Å². The number of hydrogen-bond acceptors (Lipinski definition) is 3. The van der Waals surface area contributed by atoms with Gasteiger partial charge in [0.1, 0.15) is 6.04 Å². The molecule has 5 heteroatoms. The fourth-order valence-corrected chi connectivity index (χ4v) is 0.445. The average Bonchev–Trinajstić information content (AvgIpc) is 1.89. The Kier molecular flexibility index (Phi) is 4.61. The minimum atomic E-state index is -0.952.